The topological polar surface area (TPSA) is 41.5 Å². The molecule has 126 valence electrons. The van der Waals surface area contributed by atoms with Crippen LogP contribution in [0.5, 0.6) is 5.75 Å². The molecule has 1 aromatic carbocycles. The summed E-state index contributed by atoms with van der Waals surface area (Å²) in [5.74, 6) is 1.84. The Morgan fingerprint density at radius 3 is 2.88 bits per heavy atom. The zero-order valence-corrected chi connectivity index (χ0v) is 14.2. The lowest BCUT2D eigenvalue weighted by Gasteiger charge is -2.28. The first-order valence-electron chi connectivity index (χ1n) is 8.77. The zero-order valence-electron chi connectivity index (χ0n) is 14.2. The van der Waals surface area contributed by atoms with E-state index in [1.807, 2.05) is 12.3 Å². The van der Waals surface area contributed by atoms with E-state index in [9.17, 15) is 0 Å². The molecule has 0 saturated carbocycles. The number of hydrogen-bond acceptors (Lipinski definition) is 5. The molecule has 2 aromatic rings. The van der Waals surface area contributed by atoms with Gasteiger partial charge in [-0.3, -0.25) is 4.90 Å². The summed E-state index contributed by atoms with van der Waals surface area (Å²) in [6.07, 6.45) is 5.56. The summed E-state index contributed by atoms with van der Waals surface area (Å²) < 4.78 is 5.32. The Balaban J connectivity index is 1.45. The maximum Gasteiger partial charge on any atom is 0.225 e. The SMILES string of the molecule is COc1cccc(CN2CCc3nc(N4CCCC4)ncc3C2)c1. The molecule has 5 nitrogen and oxygen atoms in total. The van der Waals surface area contributed by atoms with Crippen LogP contribution in [-0.4, -0.2) is 41.6 Å². The van der Waals surface area contributed by atoms with Gasteiger partial charge in [-0.05, 0) is 30.5 Å². The minimum Gasteiger partial charge on any atom is -0.497 e. The van der Waals surface area contributed by atoms with E-state index in [1.54, 1.807) is 7.11 Å². The Kier molecular flexibility index (Phi) is 4.34. The molecule has 5 heteroatoms. The van der Waals surface area contributed by atoms with Gasteiger partial charge in [0, 0.05) is 50.9 Å². The smallest absolute Gasteiger partial charge is 0.225 e. The van der Waals surface area contributed by atoms with Crippen molar-refractivity contribution < 1.29 is 4.74 Å². The number of rotatable bonds is 4. The van der Waals surface area contributed by atoms with E-state index in [0.717, 1.165) is 50.8 Å². The van der Waals surface area contributed by atoms with Crippen LogP contribution in [0.1, 0.15) is 29.7 Å². The van der Waals surface area contributed by atoms with E-state index in [0.29, 0.717) is 0 Å². The molecule has 1 fully saturated rings. The molecule has 0 atom stereocenters. The molecule has 0 bridgehead atoms. The third kappa shape index (κ3) is 3.22. The van der Waals surface area contributed by atoms with E-state index in [1.165, 1.54) is 29.7 Å². The van der Waals surface area contributed by atoms with Crippen molar-refractivity contribution in [1.29, 1.82) is 0 Å². The molecule has 0 aliphatic carbocycles. The Labute approximate surface area is 143 Å². The van der Waals surface area contributed by atoms with E-state index >= 15 is 0 Å². The van der Waals surface area contributed by atoms with Gasteiger partial charge in [0.05, 0.1) is 12.8 Å². The second-order valence-electron chi connectivity index (χ2n) is 6.65. The second-order valence-corrected chi connectivity index (χ2v) is 6.65. The standard InChI is InChI=1S/C19H24N4O/c1-24-17-6-4-5-15(11-17)13-22-10-7-18-16(14-22)12-20-19(21-18)23-8-2-3-9-23/h4-6,11-12H,2-3,7-10,13-14H2,1H3. The highest BCUT2D eigenvalue weighted by molar-refractivity contribution is 5.35. The minimum absolute atomic E-state index is 0.920. The molecule has 0 unspecified atom stereocenters. The first kappa shape index (κ1) is 15.4. The first-order chi connectivity index (χ1) is 11.8. The molecule has 0 amide bonds. The van der Waals surface area contributed by atoms with E-state index in [4.69, 9.17) is 9.72 Å². The highest BCUT2D eigenvalue weighted by Crippen LogP contribution is 2.23. The predicted molar refractivity (Wildman–Crippen MR) is 94.3 cm³/mol. The lowest BCUT2D eigenvalue weighted by Crippen LogP contribution is -2.31. The van der Waals surface area contributed by atoms with Gasteiger partial charge in [0.2, 0.25) is 5.95 Å². The number of anilines is 1. The normalized spacial score (nSPS) is 17.8. The average Bonchev–Trinajstić information content (AvgIpc) is 3.16. The van der Waals surface area contributed by atoms with Crippen LogP contribution >= 0.6 is 0 Å². The third-order valence-electron chi connectivity index (χ3n) is 4.93. The molecule has 0 spiro atoms. The summed E-state index contributed by atoms with van der Waals surface area (Å²) >= 11 is 0. The largest absolute Gasteiger partial charge is 0.497 e. The maximum atomic E-state index is 5.32. The van der Waals surface area contributed by atoms with Gasteiger partial charge in [-0.15, -0.1) is 0 Å². The van der Waals surface area contributed by atoms with Gasteiger partial charge in [0.15, 0.2) is 0 Å². The fourth-order valence-corrected chi connectivity index (χ4v) is 3.60. The van der Waals surface area contributed by atoms with Crippen LogP contribution in [0.3, 0.4) is 0 Å². The Hall–Kier alpha value is -2.14. The predicted octanol–water partition coefficient (Wildman–Crippen LogP) is 2.64. The highest BCUT2D eigenvalue weighted by atomic mass is 16.5. The monoisotopic (exact) mass is 324 g/mol. The molecule has 1 aromatic heterocycles. The lowest BCUT2D eigenvalue weighted by atomic mass is 10.1. The van der Waals surface area contributed by atoms with Gasteiger partial charge >= 0.3 is 0 Å². The second kappa shape index (κ2) is 6.77. The minimum atomic E-state index is 0.920. The summed E-state index contributed by atoms with van der Waals surface area (Å²) in [6, 6.07) is 8.31. The third-order valence-corrected chi connectivity index (χ3v) is 4.93. The van der Waals surface area contributed by atoms with E-state index in [-0.39, 0.29) is 0 Å². The van der Waals surface area contributed by atoms with Crippen molar-refractivity contribution in [3.63, 3.8) is 0 Å². The number of hydrogen-bond donors (Lipinski definition) is 0. The Morgan fingerprint density at radius 2 is 2.04 bits per heavy atom. The van der Waals surface area contributed by atoms with Gasteiger partial charge in [-0.2, -0.15) is 0 Å². The van der Waals surface area contributed by atoms with E-state index in [2.05, 4.69) is 33.0 Å². The highest BCUT2D eigenvalue weighted by Gasteiger charge is 2.21. The summed E-state index contributed by atoms with van der Waals surface area (Å²) in [6.45, 7) is 5.10. The molecule has 4 rings (SSSR count). The number of aromatic nitrogens is 2. The van der Waals surface area contributed by atoms with Crippen LogP contribution < -0.4 is 9.64 Å². The van der Waals surface area contributed by atoms with Crippen LogP contribution in [-0.2, 0) is 19.5 Å². The van der Waals surface area contributed by atoms with Crippen molar-refractivity contribution in [3.05, 3.63) is 47.3 Å². The number of methoxy groups -OCH3 is 1. The molecule has 1 saturated heterocycles. The maximum absolute atomic E-state index is 5.32. The van der Waals surface area contributed by atoms with Crippen molar-refractivity contribution in [2.45, 2.75) is 32.4 Å². The van der Waals surface area contributed by atoms with Crippen LogP contribution in [0, 0.1) is 0 Å². The van der Waals surface area contributed by atoms with E-state index < -0.39 is 0 Å². The average molecular weight is 324 g/mol. The molecule has 0 radical (unpaired) electrons. The molecule has 2 aliphatic heterocycles. The quantitative estimate of drug-likeness (QED) is 0.865. The van der Waals surface area contributed by atoms with Crippen LogP contribution in [0.25, 0.3) is 0 Å². The number of fused-ring (bicyclic) bond motifs is 1. The molecule has 2 aliphatic rings. The Morgan fingerprint density at radius 1 is 1.17 bits per heavy atom. The van der Waals surface area contributed by atoms with Gasteiger partial charge in [0.1, 0.15) is 5.75 Å². The number of nitrogens with zero attached hydrogens (tertiary/aromatic N) is 4. The van der Waals surface area contributed by atoms with Gasteiger partial charge in [-0.25, -0.2) is 9.97 Å². The fourth-order valence-electron chi connectivity index (χ4n) is 3.60. The Bertz CT molecular complexity index is 712. The van der Waals surface area contributed by atoms with Gasteiger partial charge < -0.3 is 9.64 Å². The molecule has 3 heterocycles. The van der Waals surface area contributed by atoms with Crippen molar-refractivity contribution in [3.8, 4) is 5.75 Å². The van der Waals surface area contributed by atoms with Crippen LogP contribution in [0.2, 0.25) is 0 Å². The summed E-state index contributed by atoms with van der Waals surface area (Å²) in [5.41, 5.74) is 3.79. The van der Waals surface area contributed by atoms with Crippen molar-refractivity contribution in [2.24, 2.45) is 0 Å². The number of benzene rings is 1. The summed E-state index contributed by atoms with van der Waals surface area (Å²) in [7, 11) is 1.71. The van der Waals surface area contributed by atoms with Gasteiger partial charge in [-0.1, -0.05) is 12.1 Å². The van der Waals surface area contributed by atoms with Crippen LogP contribution in [0.15, 0.2) is 30.5 Å². The summed E-state index contributed by atoms with van der Waals surface area (Å²) in [4.78, 5) is 14.2. The molecular formula is C19H24N4O. The van der Waals surface area contributed by atoms with Crippen LogP contribution in [0.4, 0.5) is 5.95 Å². The lowest BCUT2D eigenvalue weighted by molar-refractivity contribution is 0.242. The fraction of sp³-hybridized carbons (Fsp3) is 0.474. The van der Waals surface area contributed by atoms with Crippen molar-refractivity contribution >= 4 is 5.95 Å². The molecule has 0 N–H and O–H groups in total. The van der Waals surface area contributed by atoms with Gasteiger partial charge in [0.25, 0.3) is 0 Å². The number of ether oxygens (including phenoxy) is 1. The zero-order chi connectivity index (χ0) is 16.4. The van der Waals surface area contributed by atoms with Crippen molar-refractivity contribution in [2.75, 3.05) is 31.6 Å². The summed E-state index contributed by atoms with van der Waals surface area (Å²) in [5, 5.41) is 0. The molecule has 24 heavy (non-hydrogen) atoms. The van der Waals surface area contributed by atoms with Crippen molar-refractivity contribution in [1.82, 2.24) is 14.9 Å². The molecular weight excluding hydrogens is 300 g/mol. The first-order valence-corrected chi connectivity index (χ1v) is 8.77.